The van der Waals surface area contributed by atoms with Gasteiger partial charge in [-0.2, -0.15) is 0 Å². The van der Waals surface area contributed by atoms with Crippen LogP contribution < -0.4 is 5.43 Å². The van der Waals surface area contributed by atoms with E-state index in [0.717, 1.165) is 0 Å². The molecule has 0 radical (unpaired) electrons. The quantitative estimate of drug-likeness (QED) is 0.605. The fraction of sp³-hybridized carbons (Fsp3) is 0.462. The van der Waals surface area contributed by atoms with Crippen LogP contribution in [0.5, 0.6) is 0 Å². The second kappa shape index (κ2) is 5.47. The standard InChI is InChI=1S/C13H15N5O3/c19-11(16-17-7-14-15-8-17)5-6-18-12(20)9-3-1-2-4-10(9)13(18)21/h1-2,7-10H,3-6H2,(H,16,19)/t9-,10+. The lowest BCUT2D eigenvalue weighted by atomic mass is 9.85. The van der Waals surface area contributed by atoms with Gasteiger partial charge in [-0.3, -0.25) is 24.7 Å². The summed E-state index contributed by atoms with van der Waals surface area (Å²) in [7, 11) is 0. The molecule has 0 spiro atoms. The van der Waals surface area contributed by atoms with Crippen LogP contribution in [0.1, 0.15) is 19.3 Å². The van der Waals surface area contributed by atoms with Gasteiger partial charge in [0.05, 0.1) is 11.8 Å². The van der Waals surface area contributed by atoms with Gasteiger partial charge in [0.15, 0.2) is 0 Å². The van der Waals surface area contributed by atoms with Gasteiger partial charge in [-0.15, -0.1) is 10.2 Å². The number of carbonyl (C=O) groups is 3. The normalized spacial score (nSPS) is 24.3. The highest BCUT2D eigenvalue weighted by Crippen LogP contribution is 2.34. The fourth-order valence-electron chi connectivity index (χ4n) is 2.76. The molecular weight excluding hydrogens is 274 g/mol. The molecule has 1 aliphatic heterocycles. The molecule has 1 aromatic heterocycles. The van der Waals surface area contributed by atoms with Crippen LogP contribution in [0.25, 0.3) is 0 Å². The third-order valence-electron chi connectivity index (χ3n) is 3.83. The number of likely N-dealkylation sites (tertiary alicyclic amines) is 1. The highest BCUT2D eigenvalue weighted by molar-refractivity contribution is 6.05. The molecule has 1 aliphatic carbocycles. The number of nitrogens with zero attached hydrogens (tertiary/aromatic N) is 4. The van der Waals surface area contributed by atoms with E-state index in [1.54, 1.807) is 0 Å². The molecular formula is C13H15N5O3. The molecule has 21 heavy (non-hydrogen) atoms. The molecule has 110 valence electrons. The van der Waals surface area contributed by atoms with Crippen molar-refractivity contribution < 1.29 is 14.4 Å². The van der Waals surface area contributed by atoms with Crippen molar-refractivity contribution in [1.82, 2.24) is 19.8 Å². The average Bonchev–Trinajstić information content (AvgIpc) is 3.07. The van der Waals surface area contributed by atoms with Gasteiger partial charge in [-0.1, -0.05) is 12.2 Å². The van der Waals surface area contributed by atoms with Crippen LogP contribution in [-0.2, 0) is 14.4 Å². The minimum absolute atomic E-state index is 0.0581. The number of rotatable bonds is 4. The van der Waals surface area contributed by atoms with E-state index in [1.165, 1.54) is 22.2 Å². The second-order valence-corrected chi connectivity index (χ2v) is 5.14. The SMILES string of the molecule is O=C(CCN1C(=O)[C@H]2CC=CC[C@H]2C1=O)Nn1cnnc1. The first-order valence-electron chi connectivity index (χ1n) is 6.81. The predicted molar refractivity (Wildman–Crippen MR) is 71.1 cm³/mol. The van der Waals surface area contributed by atoms with E-state index >= 15 is 0 Å². The van der Waals surface area contributed by atoms with Gasteiger partial charge in [0.2, 0.25) is 17.7 Å². The van der Waals surface area contributed by atoms with Crippen LogP contribution in [0.15, 0.2) is 24.8 Å². The largest absolute Gasteiger partial charge is 0.282 e. The number of fused-ring (bicyclic) bond motifs is 1. The summed E-state index contributed by atoms with van der Waals surface area (Å²) in [6.45, 7) is 0.110. The highest BCUT2D eigenvalue weighted by atomic mass is 16.2. The molecule has 1 N–H and O–H groups in total. The molecule has 2 atom stereocenters. The average molecular weight is 289 g/mol. The molecule has 0 bridgehead atoms. The summed E-state index contributed by atoms with van der Waals surface area (Å²) in [6, 6.07) is 0. The monoisotopic (exact) mass is 289 g/mol. The van der Waals surface area contributed by atoms with Gasteiger partial charge < -0.3 is 0 Å². The lowest BCUT2D eigenvalue weighted by Gasteiger charge is -2.14. The van der Waals surface area contributed by atoms with Crippen LogP contribution in [0.3, 0.4) is 0 Å². The zero-order chi connectivity index (χ0) is 14.8. The molecule has 8 heteroatoms. The molecule has 1 fully saturated rings. The summed E-state index contributed by atoms with van der Waals surface area (Å²) in [5.74, 6) is -1.12. The maximum absolute atomic E-state index is 12.2. The Kier molecular flexibility index (Phi) is 3.51. The molecule has 1 aromatic rings. The number of aromatic nitrogens is 3. The molecule has 0 unspecified atom stereocenters. The summed E-state index contributed by atoms with van der Waals surface area (Å²) in [5, 5.41) is 7.12. The minimum Gasteiger partial charge on any atom is -0.282 e. The minimum atomic E-state index is -0.302. The Morgan fingerprint density at radius 1 is 1.14 bits per heavy atom. The molecule has 2 aliphatic rings. The molecule has 2 heterocycles. The second-order valence-electron chi connectivity index (χ2n) is 5.14. The molecule has 3 amide bonds. The molecule has 1 saturated heterocycles. The fourth-order valence-corrected chi connectivity index (χ4v) is 2.76. The van der Waals surface area contributed by atoms with Crippen molar-refractivity contribution in [2.24, 2.45) is 11.8 Å². The van der Waals surface area contributed by atoms with Crippen LogP contribution in [0.2, 0.25) is 0 Å². The van der Waals surface area contributed by atoms with E-state index < -0.39 is 0 Å². The Morgan fingerprint density at radius 3 is 2.29 bits per heavy atom. The Labute approximate surface area is 120 Å². The Hall–Kier alpha value is -2.51. The van der Waals surface area contributed by atoms with Crippen molar-refractivity contribution in [3.63, 3.8) is 0 Å². The van der Waals surface area contributed by atoms with Crippen molar-refractivity contribution in [2.75, 3.05) is 12.0 Å². The Bertz CT molecular complexity index is 569. The van der Waals surface area contributed by atoms with E-state index in [0.29, 0.717) is 12.8 Å². The van der Waals surface area contributed by atoms with E-state index in [9.17, 15) is 14.4 Å². The number of hydrogen-bond acceptors (Lipinski definition) is 5. The van der Waals surface area contributed by atoms with E-state index in [1.807, 2.05) is 12.2 Å². The maximum atomic E-state index is 12.2. The van der Waals surface area contributed by atoms with Crippen LogP contribution in [-0.4, -0.2) is 44.0 Å². The Balaban J connectivity index is 1.57. The van der Waals surface area contributed by atoms with Gasteiger partial charge >= 0.3 is 0 Å². The van der Waals surface area contributed by atoms with Gasteiger partial charge in [-0.05, 0) is 12.8 Å². The number of imide groups is 1. The first-order valence-corrected chi connectivity index (χ1v) is 6.81. The molecule has 8 nitrogen and oxygen atoms in total. The predicted octanol–water partition coefficient (Wildman–Crippen LogP) is -0.311. The summed E-state index contributed by atoms with van der Waals surface area (Å²) in [6.07, 6.45) is 7.86. The van der Waals surface area contributed by atoms with Crippen molar-refractivity contribution >= 4 is 17.7 Å². The number of hydrogen-bond donors (Lipinski definition) is 1. The first kappa shape index (κ1) is 13.5. The number of allylic oxidation sites excluding steroid dienone is 2. The van der Waals surface area contributed by atoms with E-state index in [2.05, 4.69) is 15.6 Å². The van der Waals surface area contributed by atoms with Crippen LogP contribution >= 0.6 is 0 Å². The third kappa shape index (κ3) is 2.56. The topological polar surface area (TPSA) is 97.2 Å². The summed E-state index contributed by atoms with van der Waals surface area (Å²) in [4.78, 5) is 37.4. The lowest BCUT2D eigenvalue weighted by molar-refractivity contribution is -0.140. The zero-order valence-electron chi connectivity index (χ0n) is 11.3. The Morgan fingerprint density at radius 2 is 1.71 bits per heavy atom. The van der Waals surface area contributed by atoms with Crippen molar-refractivity contribution in [3.8, 4) is 0 Å². The molecule has 0 aromatic carbocycles. The van der Waals surface area contributed by atoms with Gasteiger partial charge in [-0.25, -0.2) is 4.68 Å². The number of nitrogens with one attached hydrogen (secondary N) is 1. The summed E-state index contributed by atoms with van der Waals surface area (Å²) < 4.78 is 1.32. The maximum Gasteiger partial charge on any atom is 0.240 e. The summed E-state index contributed by atoms with van der Waals surface area (Å²) in [5.41, 5.74) is 2.53. The van der Waals surface area contributed by atoms with Crippen molar-refractivity contribution in [3.05, 3.63) is 24.8 Å². The lowest BCUT2D eigenvalue weighted by Crippen LogP contribution is -2.35. The summed E-state index contributed by atoms with van der Waals surface area (Å²) >= 11 is 0. The molecule has 3 rings (SSSR count). The van der Waals surface area contributed by atoms with Gasteiger partial charge in [0.25, 0.3) is 0 Å². The number of amides is 3. The zero-order valence-corrected chi connectivity index (χ0v) is 11.3. The first-order chi connectivity index (χ1) is 10.2. The van der Waals surface area contributed by atoms with E-state index in [4.69, 9.17) is 0 Å². The number of carbonyl (C=O) groups excluding carboxylic acids is 3. The smallest absolute Gasteiger partial charge is 0.240 e. The third-order valence-corrected chi connectivity index (χ3v) is 3.83. The van der Waals surface area contributed by atoms with Crippen LogP contribution in [0.4, 0.5) is 0 Å². The molecule has 0 saturated carbocycles. The van der Waals surface area contributed by atoms with Gasteiger partial charge in [0, 0.05) is 13.0 Å². The highest BCUT2D eigenvalue weighted by Gasteiger charge is 2.46. The van der Waals surface area contributed by atoms with Crippen molar-refractivity contribution in [1.29, 1.82) is 0 Å². The van der Waals surface area contributed by atoms with Crippen LogP contribution in [0, 0.1) is 11.8 Å². The van der Waals surface area contributed by atoms with Gasteiger partial charge in [0.1, 0.15) is 12.7 Å². The van der Waals surface area contributed by atoms with Crippen molar-refractivity contribution in [2.45, 2.75) is 19.3 Å². The van der Waals surface area contributed by atoms with E-state index in [-0.39, 0.29) is 42.5 Å².